The van der Waals surface area contributed by atoms with Gasteiger partial charge in [-0.25, -0.2) is 0 Å². The smallest absolute Gasteiger partial charge is 0.430 e. The van der Waals surface area contributed by atoms with E-state index in [-0.39, 0.29) is 30.5 Å². The molecule has 0 spiro atoms. The molecule has 0 aromatic carbocycles. The molecule has 5 N–H and O–H groups in total. The lowest BCUT2D eigenvalue weighted by molar-refractivity contribution is -0.374. The van der Waals surface area contributed by atoms with E-state index in [4.69, 9.17) is 62.0 Å². The van der Waals surface area contributed by atoms with Crippen LogP contribution in [-0.4, -0.2) is 213 Å². The third-order valence-corrected chi connectivity index (χ3v) is 8.27. The first-order valence-electron chi connectivity index (χ1n) is 22.5. The number of rotatable bonds is 42. The molecule has 0 atom stereocenters. The Hall–Kier alpha value is -5.04. The second-order valence-corrected chi connectivity index (χ2v) is 13.8. The lowest BCUT2D eigenvalue weighted by Gasteiger charge is -2.09. The predicted molar refractivity (Wildman–Crippen MR) is 237 cm³/mol. The van der Waals surface area contributed by atoms with Gasteiger partial charge in [-0.1, -0.05) is 6.07 Å². The number of carbonyl (C=O) groups excluding carboxylic acids is 3. The molecule has 2 amide bonds. The molecule has 70 heavy (non-hydrogen) atoms. The Labute approximate surface area is 404 Å². The number of carbonyl (C=O) groups is 3. The van der Waals surface area contributed by atoms with E-state index in [2.05, 4.69) is 46.7 Å². The van der Waals surface area contributed by atoms with Gasteiger partial charge in [0.2, 0.25) is 23.5 Å². The molecule has 3 heterocycles. The third kappa shape index (κ3) is 34.3. The van der Waals surface area contributed by atoms with Gasteiger partial charge in [0.1, 0.15) is 17.4 Å². The van der Waals surface area contributed by atoms with E-state index in [9.17, 15) is 22.8 Å². The van der Waals surface area contributed by atoms with Crippen LogP contribution in [0, 0.1) is 0 Å². The van der Waals surface area contributed by atoms with Gasteiger partial charge in [-0.15, -0.1) is 20.4 Å². The monoisotopic (exact) mass is 1010 g/mol. The Balaban J connectivity index is 0.00000222. The Bertz CT molecular complexity index is 1750. The fraction of sp³-hybridized carbons (Fsp3) is 0.651. The highest BCUT2D eigenvalue weighted by Crippen LogP contribution is 2.16. The largest absolute Gasteiger partial charge is 0.542 e. The van der Waals surface area contributed by atoms with Gasteiger partial charge in [-0.2, -0.15) is 13.2 Å². The van der Waals surface area contributed by atoms with Crippen molar-refractivity contribution >= 4 is 23.5 Å². The number of amides is 2. The van der Waals surface area contributed by atoms with Crippen LogP contribution in [0.15, 0.2) is 42.7 Å². The number of anilines is 1. The normalized spacial score (nSPS) is 11.3. The van der Waals surface area contributed by atoms with E-state index in [1.54, 1.807) is 30.5 Å². The maximum absolute atomic E-state index is 12.4. The minimum atomic E-state index is -5.19. The van der Waals surface area contributed by atoms with Crippen LogP contribution in [0.5, 0.6) is 0 Å². The summed E-state index contributed by atoms with van der Waals surface area (Å²) in [7, 11) is 0. The molecule has 0 bridgehead atoms. The second-order valence-electron chi connectivity index (χ2n) is 13.8. The van der Waals surface area contributed by atoms with Crippen molar-refractivity contribution in [3.05, 3.63) is 42.7 Å². The van der Waals surface area contributed by atoms with Crippen LogP contribution in [0.25, 0.3) is 23.0 Å². The van der Waals surface area contributed by atoms with Crippen LogP contribution in [0.2, 0.25) is 0 Å². The minimum Gasteiger partial charge on any atom is -0.542 e. The molecular formula is C43H66F3N9O15. The lowest BCUT2D eigenvalue weighted by atomic mass is 10.2. The summed E-state index contributed by atoms with van der Waals surface area (Å²) in [4.78, 5) is 41.7. The van der Waals surface area contributed by atoms with Gasteiger partial charge >= 0.3 is 6.18 Å². The maximum atomic E-state index is 12.4. The molecule has 0 aliphatic carbocycles. The summed E-state index contributed by atoms with van der Waals surface area (Å²) in [5, 5.41) is 30.6. The Morgan fingerprint density at radius 3 is 1.23 bits per heavy atom. The van der Waals surface area contributed by atoms with Crippen molar-refractivity contribution in [3.8, 4) is 23.0 Å². The number of carboxylic acids is 1. The molecule has 0 unspecified atom stereocenters. The highest BCUT2D eigenvalue weighted by molar-refractivity contribution is 5.91. The van der Waals surface area contributed by atoms with E-state index >= 15 is 0 Å². The summed E-state index contributed by atoms with van der Waals surface area (Å²) < 4.78 is 91.6. The van der Waals surface area contributed by atoms with Crippen LogP contribution < -0.4 is 21.5 Å². The number of nitrogens with one attached hydrogen (secondary N) is 2. The summed E-state index contributed by atoms with van der Waals surface area (Å²) in [6.07, 6.45) is -1.27. The minimum absolute atomic E-state index is 0.153. The van der Waals surface area contributed by atoms with Crippen LogP contribution in [0.1, 0.15) is 19.3 Å². The Morgan fingerprint density at radius 2 is 0.886 bits per heavy atom. The first kappa shape index (κ1) is 61.1. The molecule has 0 fully saturated rings. The number of alkyl halides is 3. The maximum Gasteiger partial charge on any atom is 0.430 e. The molecular weight excluding hydrogens is 940 g/mol. The van der Waals surface area contributed by atoms with E-state index in [1.165, 1.54) is 6.20 Å². The van der Waals surface area contributed by atoms with Crippen molar-refractivity contribution in [1.82, 2.24) is 35.7 Å². The van der Waals surface area contributed by atoms with E-state index in [0.29, 0.717) is 181 Å². The summed E-state index contributed by atoms with van der Waals surface area (Å²) in [6, 6.07) is 8.72. The number of carboxylic acid groups (broad SMARTS) is 1. The molecule has 0 aliphatic heterocycles. The molecule has 0 aliphatic rings. The van der Waals surface area contributed by atoms with E-state index < -0.39 is 12.1 Å². The molecule has 394 valence electrons. The average molecular weight is 1010 g/mol. The number of quaternary nitrogens is 1. The zero-order valence-electron chi connectivity index (χ0n) is 39.3. The van der Waals surface area contributed by atoms with Crippen molar-refractivity contribution in [1.29, 1.82) is 0 Å². The van der Waals surface area contributed by atoms with E-state index in [1.807, 2.05) is 6.07 Å². The van der Waals surface area contributed by atoms with E-state index in [0.717, 1.165) is 6.54 Å². The summed E-state index contributed by atoms with van der Waals surface area (Å²) in [5.41, 5.74) is 5.23. The van der Waals surface area contributed by atoms with Crippen molar-refractivity contribution in [3.63, 3.8) is 0 Å². The molecule has 27 heteroatoms. The van der Waals surface area contributed by atoms with Gasteiger partial charge in [0, 0.05) is 25.6 Å². The SMILES string of the molecule is O=C([O-])C(F)(F)F.[NH3+]CCOCCOCCOCCOCCOCCOCCOCCOCCOCCOCCOCCNC(=O)CCCC(=O)Nc1ccc(-c2nnc(-c3ccccn3)nn2)nc1. The third-order valence-electron chi connectivity index (χ3n) is 8.27. The van der Waals surface area contributed by atoms with Gasteiger partial charge < -0.3 is 78.4 Å². The molecule has 3 aromatic heterocycles. The van der Waals surface area contributed by atoms with Gasteiger partial charge in [-0.3, -0.25) is 19.6 Å². The average Bonchev–Trinajstić information content (AvgIpc) is 3.35. The zero-order valence-corrected chi connectivity index (χ0v) is 39.3. The van der Waals surface area contributed by atoms with Crippen LogP contribution in [0.3, 0.4) is 0 Å². The highest BCUT2D eigenvalue weighted by atomic mass is 19.4. The number of nitrogens with zero attached hydrogens (tertiary/aromatic N) is 6. The topological polar surface area (TPSA) is 305 Å². The first-order chi connectivity index (χ1) is 34.1. The Kier molecular flexibility index (Phi) is 36.4. The van der Waals surface area contributed by atoms with Gasteiger partial charge in [-0.05, 0) is 30.7 Å². The summed E-state index contributed by atoms with van der Waals surface area (Å²) in [5.74, 6) is -2.84. The van der Waals surface area contributed by atoms with Crippen LogP contribution in [-0.2, 0) is 66.5 Å². The molecule has 3 rings (SSSR count). The summed E-state index contributed by atoms with van der Waals surface area (Å²) in [6.45, 7) is 11.9. The highest BCUT2D eigenvalue weighted by Gasteiger charge is 2.28. The molecule has 0 radical (unpaired) electrons. The second kappa shape index (κ2) is 41.7. The fourth-order valence-electron chi connectivity index (χ4n) is 4.92. The molecule has 0 saturated carbocycles. The summed E-state index contributed by atoms with van der Waals surface area (Å²) >= 11 is 0. The van der Waals surface area contributed by atoms with Crippen molar-refractivity contribution in [2.24, 2.45) is 0 Å². The van der Waals surface area contributed by atoms with Gasteiger partial charge in [0.05, 0.1) is 164 Å². The fourth-order valence-corrected chi connectivity index (χ4v) is 4.92. The first-order valence-corrected chi connectivity index (χ1v) is 22.5. The number of aromatic nitrogens is 6. The van der Waals surface area contributed by atoms with Gasteiger partial charge in [0.25, 0.3) is 0 Å². The van der Waals surface area contributed by atoms with Crippen LogP contribution >= 0.6 is 0 Å². The quantitative estimate of drug-likeness (QED) is 0.0593. The van der Waals surface area contributed by atoms with Gasteiger partial charge in [0.15, 0.2) is 0 Å². The Morgan fingerprint density at radius 1 is 0.514 bits per heavy atom. The standard InChI is InChI=1S/C41H65N9O13.C2HF3O2/c42-9-12-53-14-16-55-18-20-57-22-24-59-26-28-61-30-32-63-33-31-62-29-27-60-25-23-58-21-19-56-17-15-54-13-11-44-38(51)5-3-6-39(52)46-35-7-8-37(45-34-35)41-49-47-40(48-50-41)36-4-1-2-10-43-36;3-2(4,5)1(6)7/h1-2,4,7-8,10,34H,3,5-6,9,11-33,42H2,(H,44,51)(H,46,52);(H,6,7). The van der Waals surface area contributed by atoms with Crippen molar-refractivity contribution < 1.29 is 90.5 Å². The molecule has 0 saturated heterocycles. The molecule has 3 aromatic rings. The predicted octanol–water partition coefficient (Wildman–Crippen LogP) is -0.661. The lowest BCUT2D eigenvalue weighted by Crippen LogP contribution is -2.52. The number of aliphatic carboxylic acids is 1. The number of hydrogen-bond acceptors (Lipinski definition) is 21. The van der Waals surface area contributed by atoms with Crippen molar-refractivity contribution in [2.45, 2.75) is 25.4 Å². The number of halogens is 3. The zero-order chi connectivity index (χ0) is 50.6. The van der Waals surface area contributed by atoms with Crippen LogP contribution in [0.4, 0.5) is 18.9 Å². The number of hydrogen-bond donors (Lipinski definition) is 3. The number of ether oxygens (including phenoxy) is 11. The van der Waals surface area contributed by atoms with Crippen molar-refractivity contribution in [2.75, 3.05) is 164 Å². The number of pyridine rings is 2. The molecule has 24 nitrogen and oxygen atoms in total.